The van der Waals surface area contributed by atoms with Crippen molar-refractivity contribution in [2.24, 2.45) is 0 Å². The van der Waals surface area contributed by atoms with E-state index in [0.29, 0.717) is 26.8 Å². The fourth-order valence-corrected chi connectivity index (χ4v) is 5.35. The second-order valence-electron chi connectivity index (χ2n) is 6.30. The molecule has 10 heteroatoms. The van der Waals surface area contributed by atoms with Gasteiger partial charge in [0, 0.05) is 16.1 Å². The fraction of sp³-hybridized carbons (Fsp3) is 0.100. The molecule has 2 heterocycles. The Bertz CT molecular complexity index is 1300. The van der Waals surface area contributed by atoms with Crippen LogP contribution in [0.5, 0.6) is 5.75 Å². The van der Waals surface area contributed by atoms with E-state index in [1.807, 2.05) is 0 Å². The molecule has 4 rings (SSSR count). The topological polar surface area (TPSA) is 94.3 Å². The predicted molar refractivity (Wildman–Crippen MR) is 112 cm³/mol. The van der Waals surface area contributed by atoms with Crippen molar-refractivity contribution in [3.8, 4) is 27.9 Å². The van der Waals surface area contributed by atoms with E-state index in [2.05, 4.69) is 14.9 Å². The minimum Gasteiger partial charge on any atom is -0.497 e. The molecule has 2 aromatic heterocycles. The summed E-state index contributed by atoms with van der Waals surface area (Å²) in [6.07, 6.45) is 0. The molecule has 0 spiro atoms. The van der Waals surface area contributed by atoms with Gasteiger partial charge < -0.3 is 9.26 Å². The lowest BCUT2D eigenvalue weighted by atomic mass is 10.2. The first-order valence-corrected chi connectivity index (χ1v) is 11.0. The van der Waals surface area contributed by atoms with E-state index in [-0.39, 0.29) is 16.6 Å². The maximum absolute atomic E-state index is 13.4. The summed E-state index contributed by atoms with van der Waals surface area (Å²) in [5.41, 5.74) is 0.876. The number of ether oxygens (including phenoxy) is 1. The maximum Gasteiger partial charge on any atom is 0.268 e. The lowest BCUT2D eigenvalue weighted by Gasteiger charge is -2.08. The first kappa shape index (κ1) is 20.0. The molecule has 0 saturated heterocycles. The van der Waals surface area contributed by atoms with Gasteiger partial charge in [-0.3, -0.25) is 4.72 Å². The van der Waals surface area contributed by atoms with Gasteiger partial charge in [-0.15, -0.1) is 11.3 Å². The molecule has 2 aromatic carbocycles. The highest BCUT2D eigenvalue weighted by Crippen LogP contribution is 2.34. The number of aryl methyl sites for hydroxylation is 1. The number of nitrogens with zero attached hydrogens (tertiary/aromatic N) is 2. The van der Waals surface area contributed by atoms with Crippen molar-refractivity contribution in [3.63, 3.8) is 0 Å². The van der Waals surface area contributed by atoms with Crippen LogP contribution in [0.3, 0.4) is 0 Å². The Morgan fingerprint density at radius 2 is 1.90 bits per heavy atom. The van der Waals surface area contributed by atoms with Crippen LogP contribution in [0.15, 0.2) is 64.0 Å². The van der Waals surface area contributed by atoms with E-state index < -0.39 is 15.8 Å². The highest BCUT2D eigenvalue weighted by Gasteiger charge is 2.23. The number of anilines is 1. The molecule has 0 bridgehead atoms. The number of thiophene rings is 1. The van der Waals surface area contributed by atoms with E-state index in [9.17, 15) is 12.8 Å². The van der Waals surface area contributed by atoms with Gasteiger partial charge in [0.25, 0.3) is 15.9 Å². The van der Waals surface area contributed by atoms with Crippen molar-refractivity contribution in [1.82, 2.24) is 10.1 Å². The molecule has 0 fully saturated rings. The number of aromatic nitrogens is 2. The van der Waals surface area contributed by atoms with Crippen LogP contribution in [0.4, 0.5) is 10.1 Å². The van der Waals surface area contributed by atoms with Crippen LogP contribution in [0.25, 0.3) is 22.2 Å². The second-order valence-corrected chi connectivity index (χ2v) is 9.21. The van der Waals surface area contributed by atoms with Crippen molar-refractivity contribution in [2.45, 2.75) is 11.8 Å². The molecule has 154 valence electrons. The lowest BCUT2D eigenvalue weighted by Crippen LogP contribution is -2.13. The van der Waals surface area contributed by atoms with E-state index in [4.69, 9.17) is 9.26 Å². The van der Waals surface area contributed by atoms with Crippen molar-refractivity contribution in [2.75, 3.05) is 11.8 Å². The van der Waals surface area contributed by atoms with Crippen LogP contribution < -0.4 is 9.46 Å². The first-order valence-electron chi connectivity index (χ1n) is 8.73. The van der Waals surface area contributed by atoms with Crippen molar-refractivity contribution in [1.29, 1.82) is 0 Å². The van der Waals surface area contributed by atoms with Crippen LogP contribution >= 0.6 is 11.3 Å². The van der Waals surface area contributed by atoms with Crippen LogP contribution in [0, 0.1) is 12.7 Å². The third-order valence-electron chi connectivity index (χ3n) is 4.22. The summed E-state index contributed by atoms with van der Waals surface area (Å²) in [5.74, 6) is 0.589. The molecule has 1 N–H and O–H groups in total. The summed E-state index contributed by atoms with van der Waals surface area (Å²) in [6.45, 7) is 1.70. The number of benzene rings is 2. The Labute approximate surface area is 176 Å². The Hall–Kier alpha value is -3.24. The monoisotopic (exact) mass is 445 g/mol. The molecule has 4 aromatic rings. The number of sulfonamides is 1. The lowest BCUT2D eigenvalue weighted by molar-refractivity contribution is 0.415. The summed E-state index contributed by atoms with van der Waals surface area (Å²) in [7, 11) is -2.29. The molecule has 30 heavy (non-hydrogen) atoms. The Morgan fingerprint density at radius 3 is 2.60 bits per heavy atom. The largest absolute Gasteiger partial charge is 0.497 e. The molecular weight excluding hydrogens is 429 g/mol. The van der Waals surface area contributed by atoms with Gasteiger partial charge in [-0.1, -0.05) is 17.3 Å². The van der Waals surface area contributed by atoms with Gasteiger partial charge in [-0.05, 0) is 49.4 Å². The average molecular weight is 445 g/mol. The van der Waals surface area contributed by atoms with Gasteiger partial charge in [-0.2, -0.15) is 4.98 Å². The molecule has 0 saturated carbocycles. The van der Waals surface area contributed by atoms with E-state index in [1.54, 1.807) is 43.3 Å². The van der Waals surface area contributed by atoms with E-state index in [1.165, 1.54) is 36.6 Å². The zero-order valence-electron chi connectivity index (χ0n) is 15.9. The van der Waals surface area contributed by atoms with E-state index >= 15 is 0 Å². The van der Waals surface area contributed by atoms with Crippen LogP contribution in [-0.2, 0) is 10.0 Å². The fourth-order valence-electron chi connectivity index (χ4n) is 2.78. The summed E-state index contributed by atoms with van der Waals surface area (Å²) in [4.78, 5) is 5.45. The number of halogens is 1. The summed E-state index contributed by atoms with van der Waals surface area (Å²) in [6, 6.07) is 13.9. The standard InChI is InChI=1S/C20H16FN3O4S2/c1-12-18(30(25,26)24-15-6-8-16(27-2)9-7-15)11-17(29-12)20-22-19(23-28-20)13-4-3-5-14(21)10-13/h3-11,24H,1-2H3. The van der Waals surface area contributed by atoms with Gasteiger partial charge in [0.1, 0.15) is 16.5 Å². The van der Waals surface area contributed by atoms with Gasteiger partial charge in [0.2, 0.25) is 5.82 Å². The smallest absolute Gasteiger partial charge is 0.268 e. The molecule has 0 aliphatic carbocycles. The SMILES string of the molecule is COc1ccc(NS(=O)(=O)c2cc(-c3nc(-c4cccc(F)c4)no3)sc2C)cc1. The molecule has 0 radical (unpaired) electrons. The van der Waals surface area contributed by atoms with Crippen molar-refractivity contribution >= 4 is 27.0 Å². The third-order valence-corrected chi connectivity index (χ3v) is 6.90. The molecule has 0 aliphatic heterocycles. The molecule has 0 unspecified atom stereocenters. The highest BCUT2D eigenvalue weighted by molar-refractivity contribution is 7.93. The van der Waals surface area contributed by atoms with Gasteiger partial charge >= 0.3 is 0 Å². The molecule has 0 aliphatic rings. The van der Waals surface area contributed by atoms with Crippen molar-refractivity contribution in [3.05, 3.63) is 65.3 Å². The summed E-state index contributed by atoms with van der Waals surface area (Å²) >= 11 is 1.21. The number of methoxy groups -OCH3 is 1. The van der Waals surface area contributed by atoms with Crippen molar-refractivity contribution < 1.29 is 22.1 Å². The van der Waals surface area contributed by atoms with E-state index in [0.717, 1.165) is 0 Å². The minimum absolute atomic E-state index is 0.115. The Kier molecular flexibility index (Phi) is 5.27. The number of nitrogens with one attached hydrogen (secondary N) is 1. The average Bonchev–Trinajstić information content (AvgIpc) is 3.35. The van der Waals surface area contributed by atoms with Gasteiger partial charge in [0.15, 0.2) is 0 Å². The Balaban J connectivity index is 1.61. The quantitative estimate of drug-likeness (QED) is 0.461. The number of hydrogen-bond acceptors (Lipinski definition) is 7. The number of rotatable bonds is 6. The minimum atomic E-state index is -3.82. The van der Waals surface area contributed by atoms with Crippen LogP contribution in [0.1, 0.15) is 4.88 Å². The maximum atomic E-state index is 13.4. The summed E-state index contributed by atoms with van der Waals surface area (Å²) in [5, 5.41) is 3.87. The van der Waals surface area contributed by atoms with Gasteiger partial charge in [-0.25, -0.2) is 12.8 Å². The highest BCUT2D eigenvalue weighted by atomic mass is 32.2. The predicted octanol–water partition coefficient (Wildman–Crippen LogP) is 4.72. The van der Waals surface area contributed by atoms with Crippen LogP contribution in [-0.4, -0.2) is 25.7 Å². The zero-order chi connectivity index (χ0) is 21.3. The van der Waals surface area contributed by atoms with Gasteiger partial charge in [0.05, 0.1) is 12.0 Å². The third kappa shape index (κ3) is 4.05. The zero-order valence-corrected chi connectivity index (χ0v) is 17.6. The number of hydrogen-bond donors (Lipinski definition) is 1. The second kappa shape index (κ2) is 7.88. The molecule has 0 amide bonds. The normalized spacial score (nSPS) is 11.4. The summed E-state index contributed by atoms with van der Waals surface area (Å²) < 4.78 is 52.0. The van der Waals surface area contributed by atoms with Crippen LogP contribution in [0.2, 0.25) is 0 Å². The Morgan fingerprint density at radius 1 is 1.13 bits per heavy atom. The molecule has 0 atom stereocenters. The molecule has 7 nitrogen and oxygen atoms in total. The first-order chi connectivity index (χ1) is 14.4. The molecular formula is C20H16FN3O4S2.